The van der Waals surface area contributed by atoms with Crippen molar-refractivity contribution >= 4 is 35.3 Å². The molecule has 0 aliphatic carbocycles. The molecule has 4 nitrogen and oxygen atoms in total. The van der Waals surface area contributed by atoms with E-state index in [1.54, 1.807) is 24.8 Å². The van der Waals surface area contributed by atoms with Crippen LogP contribution < -0.4 is 0 Å². The quantitative estimate of drug-likeness (QED) is 0.371. The molecule has 1 aliphatic rings. The van der Waals surface area contributed by atoms with Gasteiger partial charge in [0.2, 0.25) is 5.78 Å². The Morgan fingerprint density at radius 1 is 1.35 bits per heavy atom. The lowest BCUT2D eigenvalue weighted by molar-refractivity contribution is -0.145. The van der Waals surface area contributed by atoms with Crippen LogP contribution in [0.4, 0.5) is 0 Å². The van der Waals surface area contributed by atoms with Gasteiger partial charge in [0.25, 0.3) is 0 Å². The standard InChI is InChI=1S/C15H15NO3S/c1-9-13(15(18)19-2)14(17)12(16-9)8-10-4-6-11(20-3)7-5-10/h4-8,13H,1-3H3/b12-8+. The molecule has 0 amide bonds. The van der Waals surface area contributed by atoms with Crippen LogP contribution in [0.25, 0.3) is 6.08 Å². The average Bonchev–Trinajstić information content (AvgIpc) is 2.73. The number of methoxy groups -OCH3 is 1. The largest absolute Gasteiger partial charge is 0.468 e. The Bertz CT molecular complexity index is 602. The first-order chi connectivity index (χ1) is 9.56. The highest BCUT2D eigenvalue weighted by Crippen LogP contribution is 2.24. The maximum atomic E-state index is 12.2. The smallest absolute Gasteiger partial charge is 0.322 e. The number of aliphatic imine (C=N–C) groups is 1. The molecule has 104 valence electrons. The highest BCUT2D eigenvalue weighted by Gasteiger charge is 2.37. The van der Waals surface area contributed by atoms with Crippen molar-refractivity contribution in [2.45, 2.75) is 11.8 Å². The Hall–Kier alpha value is -1.88. The number of ketones is 1. The van der Waals surface area contributed by atoms with Crippen LogP contribution in [0, 0.1) is 5.92 Å². The third kappa shape index (κ3) is 2.82. The van der Waals surface area contributed by atoms with E-state index in [9.17, 15) is 9.59 Å². The second-order valence-electron chi connectivity index (χ2n) is 4.38. The third-order valence-electron chi connectivity index (χ3n) is 3.09. The zero-order valence-corrected chi connectivity index (χ0v) is 12.4. The average molecular weight is 289 g/mol. The van der Waals surface area contributed by atoms with Gasteiger partial charge in [-0.3, -0.25) is 14.6 Å². The Kier molecular flexibility index (Phi) is 4.39. The zero-order valence-electron chi connectivity index (χ0n) is 11.5. The van der Waals surface area contributed by atoms with Crippen LogP contribution in [0.15, 0.2) is 39.9 Å². The van der Waals surface area contributed by atoms with Crippen molar-refractivity contribution in [1.82, 2.24) is 0 Å². The molecular formula is C15H15NO3S. The van der Waals surface area contributed by atoms with Gasteiger partial charge in [0, 0.05) is 10.6 Å². The van der Waals surface area contributed by atoms with E-state index < -0.39 is 11.9 Å². The molecule has 0 bridgehead atoms. The molecule has 0 saturated carbocycles. The first kappa shape index (κ1) is 14.5. The molecule has 1 unspecified atom stereocenters. The van der Waals surface area contributed by atoms with E-state index in [4.69, 9.17) is 0 Å². The number of carbonyl (C=O) groups excluding carboxylic acids is 2. The van der Waals surface area contributed by atoms with Gasteiger partial charge in [0.15, 0.2) is 5.92 Å². The predicted molar refractivity (Wildman–Crippen MR) is 79.8 cm³/mol. The number of nitrogens with zero attached hydrogens (tertiary/aromatic N) is 1. The van der Waals surface area contributed by atoms with Gasteiger partial charge >= 0.3 is 5.97 Å². The summed E-state index contributed by atoms with van der Waals surface area (Å²) < 4.78 is 4.63. The highest BCUT2D eigenvalue weighted by atomic mass is 32.2. The number of Topliss-reactive ketones (excluding diaryl/α,β-unsaturated/α-hetero) is 1. The summed E-state index contributed by atoms with van der Waals surface area (Å²) in [5.74, 6) is -1.75. The number of hydrogen-bond donors (Lipinski definition) is 0. The number of esters is 1. The Balaban J connectivity index is 2.27. The van der Waals surface area contributed by atoms with Crippen molar-refractivity contribution in [3.63, 3.8) is 0 Å². The number of allylic oxidation sites excluding steroid dienone is 1. The van der Waals surface area contributed by atoms with Gasteiger partial charge in [0.1, 0.15) is 5.70 Å². The number of ether oxygens (including phenoxy) is 1. The van der Waals surface area contributed by atoms with Crippen molar-refractivity contribution in [3.05, 3.63) is 35.5 Å². The molecule has 0 N–H and O–H groups in total. The van der Waals surface area contributed by atoms with E-state index >= 15 is 0 Å². The lowest BCUT2D eigenvalue weighted by Gasteiger charge is -2.04. The summed E-state index contributed by atoms with van der Waals surface area (Å²) in [6, 6.07) is 7.79. The normalized spacial score (nSPS) is 20.1. The molecule has 5 heteroatoms. The molecule has 2 rings (SSSR count). The number of rotatable bonds is 3. The molecule has 0 saturated heterocycles. The van der Waals surface area contributed by atoms with Crippen LogP contribution >= 0.6 is 11.8 Å². The third-order valence-corrected chi connectivity index (χ3v) is 3.83. The number of benzene rings is 1. The molecule has 0 aromatic heterocycles. The molecule has 0 radical (unpaired) electrons. The van der Waals surface area contributed by atoms with E-state index in [0.717, 1.165) is 10.5 Å². The van der Waals surface area contributed by atoms with Crippen molar-refractivity contribution in [2.75, 3.05) is 13.4 Å². The summed E-state index contributed by atoms with van der Waals surface area (Å²) in [5.41, 5.74) is 1.66. The van der Waals surface area contributed by atoms with Gasteiger partial charge in [0.05, 0.1) is 7.11 Å². The van der Waals surface area contributed by atoms with E-state index in [2.05, 4.69) is 9.73 Å². The first-order valence-corrected chi connectivity index (χ1v) is 7.32. The van der Waals surface area contributed by atoms with Gasteiger partial charge in [-0.1, -0.05) is 12.1 Å². The molecule has 1 aromatic carbocycles. The SMILES string of the molecule is COC(=O)C1C(=O)/C(=C\c2ccc(SC)cc2)N=C1C. The van der Waals surface area contributed by atoms with Crippen LogP contribution in [0.3, 0.4) is 0 Å². The summed E-state index contributed by atoms with van der Waals surface area (Å²) >= 11 is 1.65. The summed E-state index contributed by atoms with van der Waals surface area (Å²) in [4.78, 5) is 29.0. The molecule has 0 spiro atoms. The molecule has 0 fully saturated rings. The Morgan fingerprint density at radius 2 is 2.00 bits per heavy atom. The van der Waals surface area contributed by atoms with E-state index in [1.807, 2.05) is 30.5 Å². The molecule has 20 heavy (non-hydrogen) atoms. The fraction of sp³-hybridized carbons (Fsp3) is 0.267. The minimum atomic E-state index is -0.892. The summed E-state index contributed by atoms with van der Waals surface area (Å²) in [6.07, 6.45) is 3.70. The maximum absolute atomic E-state index is 12.2. The predicted octanol–water partition coefficient (Wildman–Crippen LogP) is 2.58. The van der Waals surface area contributed by atoms with Crippen molar-refractivity contribution in [2.24, 2.45) is 10.9 Å². The lowest BCUT2D eigenvalue weighted by atomic mass is 10.0. The topological polar surface area (TPSA) is 55.7 Å². The van der Waals surface area contributed by atoms with E-state index in [1.165, 1.54) is 7.11 Å². The highest BCUT2D eigenvalue weighted by molar-refractivity contribution is 7.98. The summed E-state index contributed by atoms with van der Waals surface area (Å²) in [7, 11) is 1.27. The van der Waals surface area contributed by atoms with Crippen LogP contribution in [-0.4, -0.2) is 30.8 Å². The van der Waals surface area contributed by atoms with Gasteiger partial charge in [-0.15, -0.1) is 11.8 Å². The summed E-state index contributed by atoms with van der Waals surface area (Å²) in [5, 5.41) is 0. The van der Waals surface area contributed by atoms with Crippen molar-refractivity contribution in [3.8, 4) is 0 Å². The maximum Gasteiger partial charge on any atom is 0.322 e. The van der Waals surface area contributed by atoms with E-state index in [0.29, 0.717) is 11.4 Å². The second-order valence-corrected chi connectivity index (χ2v) is 5.26. The Labute approximate surface area is 121 Å². The van der Waals surface area contributed by atoms with Crippen molar-refractivity contribution < 1.29 is 14.3 Å². The second kappa shape index (κ2) is 6.05. The van der Waals surface area contributed by atoms with Crippen LogP contribution in [0.2, 0.25) is 0 Å². The number of hydrogen-bond acceptors (Lipinski definition) is 5. The minimum absolute atomic E-state index is 0.301. The number of thioether (sulfide) groups is 1. The van der Waals surface area contributed by atoms with Crippen LogP contribution in [-0.2, 0) is 14.3 Å². The van der Waals surface area contributed by atoms with Crippen molar-refractivity contribution in [1.29, 1.82) is 0 Å². The minimum Gasteiger partial charge on any atom is -0.468 e. The van der Waals surface area contributed by atoms with Gasteiger partial charge in [-0.25, -0.2) is 0 Å². The lowest BCUT2D eigenvalue weighted by Crippen LogP contribution is -2.27. The summed E-state index contributed by atoms with van der Waals surface area (Å²) in [6.45, 7) is 1.66. The Morgan fingerprint density at radius 3 is 2.55 bits per heavy atom. The van der Waals surface area contributed by atoms with Gasteiger partial charge in [-0.05, 0) is 37.0 Å². The molecule has 1 atom stereocenters. The van der Waals surface area contributed by atoms with Gasteiger partial charge < -0.3 is 4.74 Å². The fourth-order valence-electron chi connectivity index (χ4n) is 2.00. The molecular weight excluding hydrogens is 274 g/mol. The van der Waals surface area contributed by atoms with Gasteiger partial charge in [-0.2, -0.15) is 0 Å². The van der Waals surface area contributed by atoms with E-state index in [-0.39, 0.29) is 5.78 Å². The molecule has 1 heterocycles. The molecule has 1 aliphatic heterocycles. The van der Waals surface area contributed by atoms with Crippen LogP contribution in [0.5, 0.6) is 0 Å². The molecule has 1 aromatic rings. The number of carbonyl (C=O) groups is 2. The first-order valence-electron chi connectivity index (χ1n) is 6.09. The van der Waals surface area contributed by atoms with Crippen LogP contribution in [0.1, 0.15) is 12.5 Å². The monoisotopic (exact) mass is 289 g/mol. The zero-order chi connectivity index (χ0) is 14.7. The fourth-order valence-corrected chi connectivity index (χ4v) is 2.41.